The first-order valence-electron chi connectivity index (χ1n) is 3.10. The van der Waals surface area contributed by atoms with Crippen molar-refractivity contribution in [3.05, 3.63) is 36.6 Å². The highest BCUT2D eigenvalue weighted by Gasteiger charge is 1.80. The SMILES string of the molecule is C=C\C=C/C(=C\C)/N=N\C. The molecule has 0 rings (SSSR count). The second kappa shape index (κ2) is 5.95. The molecule has 0 fully saturated rings. The lowest BCUT2D eigenvalue weighted by Crippen LogP contribution is -1.66. The van der Waals surface area contributed by atoms with E-state index in [0.717, 1.165) is 5.70 Å². The van der Waals surface area contributed by atoms with Crippen LogP contribution in [0.4, 0.5) is 0 Å². The normalized spacial score (nSPS) is 13.2. The molecular formula is C8H12N2. The van der Waals surface area contributed by atoms with Crippen LogP contribution in [0.25, 0.3) is 0 Å². The van der Waals surface area contributed by atoms with Crippen LogP contribution in [0, 0.1) is 0 Å². The highest BCUT2D eigenvalue weighted by molar-refractivity contribution is 5.18. The lowest BCUT2D eigenvalue weighted by molar-refractivity contribution is 1.11. The minimum Gasteiger partial charge on any atom is -0.192 e. The Labute approximate surface area is 61.7 Å². The molecule has 0 saturated carbocycles. The predicted octanol–water partition coefficient (Wildman–Crippen LogP) is 2.71. The molecule has 0 radical (unpaired) electrons. The van der Waals surface area contributed by atoms with E-state index in [-0.39, 0.29) is 0 Å². The Morgan fingerprint density at radius 2 is 2.20 bits per heavy atom. The number of hydrogen-bond acceptors (Lipinski definition) is 2. The molecule has 2 heteroatoms. The van der Waals surface area contributed by atoms with E-state index in [2.05, 4.69) is 16.8 Å². The maximum absolute atomic E-state index is 3.83. The standard InChI is InChI=1S/C8H12N2/c1-4-6-7-8(5-2)10-9-3/h4-7H,1H2,2-3H3/b7-6-,8-5+,10-9-. The number of rotatable bonds is 3. The van der Waals surface area contributed by atoms with Gasteiger partial charge >= 0.3 is 0 Å². The highest BCUT2D eigenvalue weighted by Crippen LogP contribution is 1.98. The van der Waals surface area contributed by atoms with Crippen molar-refractivity contribution in [1.82, 2.24) is 0 Å². The predicted molar refractivity (Wildman–Crippen MR) is 43.9 cm³/mol. The summed E-state index contributed by atoms with van der Waals surface area (Å²) in [7, 11) is 1.64. The van der Waals surface area contributed by atoms with Gasteiger partial charge in [0.1, 0.15) is 0 Å². The molecule has 0 bridgehead atoms. The topological polar surface area (TPSA) is 24.7 Å². The molecule has 0 unspecified atom stereocenters. The van der Waals surface area contributed by atoms with Crippen molar-refractivity contribution in [2.75, 3.05) is 7.05 Å². The monoisotopic (exact) mass is 136 g/mol. The molecule has 10 heavy (non-hydrogen) atoms. The quantitative estimate of drug-likeness (QED) is 0.421. The van der Waals surface area contributed by atoms with E-state index >= 15 is 0 Å². The van der Waals surface area contributed by atoms with Crippen LogP contribution in [0.1, 0.15) is 6.92 Å². The van der Waals surface area contributed by atoms with Gasteiger partial charge in [0.25, 0.3) is 0 Å². The van der Waals surface area contributed by atoms with Crippen LogP contribution in [0.3, 0.4) is 0 Å². The van der Waals surface area contributed by atoms with Gasteiger partial charge in [-0.15, -0.1) is 0 Å². The molecule has 0 spiro atoms. The van der Waals surface area contributed by atoms with Gasteiger partial charge in [-0.05, 0) is 13.0 Å². The van der Waals surface area contributed by atoms with E-state index < -0.39 is 0 Å². The van der Waals surface area contributed by atoms with Crippen molar-refractivity contribution in [2.24, 2.45) is 10.2 Å². The van der Waals surface area contributed by atoms with Crippen LogP contribution in [0.15, 0.2) is 46.8 Å². The van der Waals surface area contributed by atoms with Gasteiger partial charge < -0.3 is 0 Å². The Balaban J connectivity index is 4.10. The molecule has 0 aromatic carbocycles. The molecule has 0 aromatic heterocycles. The molecular weight excluding hydrogens is 124 g/mol. The number of hydrogen-bond donors (Lipinski definition) is 0. The van der Waals surface area contributed by atoms with Gasteiger partial charge in [0.15, 0.2) is 0 Å². The second-order valence-electron chi connectivity index (χ2n) is 1.61. The van der Waals surface area contributed by atoms with Crippen molar-refractivity contribution < 1.29 is 0 Å². The summed E-state index contributed by atoms with van der Waals surface area (Å²) in [5, 5.41) is 7.46. The van der Waals surface area contributed by atoms with Crippen molar-refractivity contribution in [3.63, 3.8) is 0 Å². The zero-order valence-corrected chi connectivity index (χ0v) is 6.41. The van der Waals surface area contributed by atoms with Crippen LogP contribution in [0.5, 0.6) is 0 Å². The van der Waals surface area contributed by atoms with Crippen LogP contribution in [0.2, 0.25) is 0 Å². The van der Waals surface area contributed by atoms with Gasteiger partial charge in [0.2, 0.25) is 0 Å². The first-order chi connectivity index (χ1) is 4.85. The van der Waals surface area contributed by atoms with Crippen LogP contribution >= 0.6 is 0 Å². The molecule has 0 amide bonds. The van der Waals surface area contributed by atoms with Gasteiger partial charge in [-0.1, -0.05) is 24.8 Å². The Morgan fingerprint density at radius 1 is 1.50 bits per heavy atom. The zero-order valence-electron chi connectivity index (χ0n) is 6.41. The van der Waals surface area contributed by atoms with Crippen LogP contribution in [-0.2, 0) is 0 Å². The molecule has 0 N–H and O–H groups in total. The fourth-order valence-corrected chi connectivity index (χ4v) is 0.469. The Morgan fingerprint density at radius 3 is 2.60 bits per heavy atom. The second-order valence-corrected chi connectivity index (χ2v) is 1.61. The first kappa shape index (κ1) is 8.82. The molecule has 0 heterocycles. The van der Waals surface area contributed by atoms with Gasteiger partial charge in [0, 0.05) is 7.05 Å². The lowest BCUT2D eigenvalue weighted by atomic mass is 10.4. The average molecular weight is 136 g/mol. The van der Waals surface area contributed by atoms with Crippen molar-refractivity contribution in [2.45, 2.75) is 6.92 Å². The lowest BCUT2D eigenvalue weighted by Gasteiger charge is -1.85. The Kier molecular flexibility index (Phi) is 5.25. The summed E-state index contributed by atoms with van der Waals surface area (Å²) in [6.07, 6.45) is 7.26. The summed E-state index contributed by atoms with van der Waals surface area (Å²) >= 11 is 0. The molecule has 0 atom stereocenters. The zero-order chi connectivity index (χ0) is 7.82. The first-order valence-corrected chi connectivity index (χ1v) is 3.10. The van der Waals surface area contributed by atoms with Gasteiger partial charge in [-0.3, -0.25) is 0 Å². The third-order valence-electron chi connectivity index (χ3n) is 0.914. The molecule has 2 nitrogen and oxygen atoms in total. The molecule has 0 aliphatic heterocycles. The van der Waals surface area contributed by atoms with Gasteiger partial charge in [-0.25, -0.2) is 0 Å². The molecule has 0 saturated heterocycles. The van der Waals surface area contributed by atoms with Crippen molar-refractivity contribution in [1.29, 1.82) is 0 Å². The molecule has 0 aromatic rings. The molecule has 0 aliphatic rings. The number of nitrogens with zero attached hydrogens (tertiary/aromatic N) is 2. The summed E-state index contributed by atoms with van der Waals surface area (Å²) in [6, 6.07) is 0. The third kappa shape index (κ3) is 3.78. The third-order valence-corrected chi connectivity index (χ3v) is 0.914. The Hall–Kier alpha value is -1.18. The van der Waals surface area contributed by atoms with Gasteiger partial charge in [0.05, 0.1) is 5.70 Å². The van der Waals surface area contributed by atoms with Crippen molar-refractivity contribution in [3.8, 4) is 0 Å². The van der Waals surface area contributed by atoms with E-state index in [0.29, 0.717) is 0 Å². The van der Waals surface area contributed by atoms with Gasteiger partial charge in [-0.2, -0.15) is 10.2 Å². The summed E-state index contributed by atoms with van der Waals surface area (Å²) in [5.74, 6) is 0. The highest BCUT2D eigenvalue weighted by atomic mass is 15.1. The minimum absolute atomic E-state index is 0.849. The van der Waals surface area contributed by atoms with Crippen molar-refractivity contribution >= 4 is 0 Å². The Bertz CT molecular complexity index is 176. The number of azo groups is 1. The fraction of sp³-hybridized carbons (Fsp3) is 0.250. The fourth-order valence-electron chi connectivity index (χ4n) is 0.469. The summed E-state index contributed by atoms with van der Waals surface area (Å²) in [5.41, 5.74) is 0.849. The average Bonchev–Trinajstić information content (AvgIpc) is 1.98. The summed E-state index contributed by atoms with van der Waals surface area (Å²) < 4.78 is 0. The summed E-state index contributed by atoms with van der Waals surface area (Å²) in [4.78, 5) is 0. The molecule has 0 aliphatic carbocycles. The van der Waals surface area contributed by atoms with E-state index in [1.807, 2.05) is 25.2 Å². The van der Waals surface area contributed by atoms with Crippen LogP contribution in [-0.4, -0.2) is 7.05 Å². The van der Waals surface area contributed by atoms with E-state index in [4.69, 9.17) is 0 Å². The number of allylic oxidation sites excluding steroid dienone is 4. The largest absolute Gasteiger partial charge is 0.192 e. The van der Waals surface area contributed by atoms with Crippen LogP contribution < -0.4 is 0 Å². The van der Waals surface area contributed by atoms with E-state index in [9.17, 15) is 0 Å². The molecule has 54 valence electrons. The van der Waals surface area contributed by atoms with E-state index in [1.165, 1.54) is 0 Å². The van der Waals surface area contributed by atoms with E-state index in [1.54, 1.807) is 13.1 Å². The maximum atomic E-state index is 3.83. The minimum atomic E-state index is 0.849. The maximum Gasteiger partial charge on any atom is 0.0809 e. The smallest absolute Gasteiger partial charge is 0.0809 e. The summed E-state index contributed by atoms with van der Waals surface area (Å²) in [6.45, 7) is 5.45.